The summed E-state index contributed by atoms with van der Waals surface area (Å²) in [5, 5.41) is 0. The molecular formula is C13H25NO. The Kier molecular flexibility index (Phi) is 3.68. The van der Waals surface area contributed by atoms with Gasteiger partial charge in [0.2, 0.25) is 0 Å². The molecule has 2 nitrogen and oxygen atoms in total. The van der Waals surface area contributed by atoms with Gasteiger partial charge in [-0.05, 0) is 43.9 Å². The molecule has 2 unspecified atom stereocenters. The van der Waals surface area contributed by atoms with Crippen LogP contribution in [0.15, 0.2) is 0 Å². The summed E-state index contributed by atoms with van der Waals surface area (Å²) in [7, 11) is 0. The van der Waals surface area contributed by atoms with E-state index >= 15 is 0 Å². The molecule has 2 aliphatic rings. The van der Waals surface area contributed by atoms with E-state index in [4.69, 9.17) is 10.5 Å². The first-order valence-electron chi connectivity index (χ1n) is 6.57. The summed E-state index contributed by atoms with van der Waals surface area (Å²) < 4.78 is 5.43. The van der Waals surface area contributed by atoms with E-state index in [-0.39, 0.29) is 5.54 Å². The van der Waals surface area contributed by atoms with Crippen molar-refractivity contribution in [2.45, 2.75) is 57.4 Å². The highest BCUT2D eigenvalue weighted by Gasteiger charge is 2.36. The van der Waals surface area contributed by atoms with Crippen LogP contribution >= 0.6 is 0 Å². The summed E-state index contributed by atoms with van der Waals surface area (Å²) in [6, 6.07) is 0. The molecule has 1 heterocycles. The molecule has 2 N–H and O–H groups in total. The molecule has 0 aromatic rings. The zero-order valence-electron chi connectivity index (χ0n) is 10.0. The normalized spacial score (nSPS) is 40.0. The number of hydrogen-bond donors (Lipinski definition) is 1. The third-order valence-electron chi connectivity index (χ3n) is 4.48. The first-order valence-corrected chi connectivity index (χ1v) is 6.57. The fourth-order valence-electron chi connectivity index (χ4n) is 3.24. The van der Waals surface area contributed by atoms with Crippen LogP contribution in [0.1, 0.15) is 51.9 Å². The highest BCUT2D eigenvalue weighted by atomic mass is 16.5. The Hall–Kier alpha value is -0.0800. The van der Waals surface area contributed by atoms with Gasteiger partial charge in [0.05, 0.1) is 0 Å². The van der Waals surface area contributed by atoms with Crippen molar-refractivity contribution in [1.29, 1.82) is 0 Å². The topological polar surface area (TPSA) is 35.2 Å². The van der Waals surface area contributed by atoms with Crippen molar-refractivity contribution < 1.29 is 4.74 Å². The van der Waals surface area contributed by atoms with Gasteiger partial charge in [-0.25, -0.2) is 0 Å². The van der Waals surface area contributed by atoms with E-state index in [1.165, 1.54) is 44.9 Å². The fourth-order valence-corrected chi connectivity index (χ4v) is 3.24. The van der Waals surface area contributed by atoms with Crippen molar-refractivity contribution in [3.8, 4) is 0 Å². The van der Waals surface area contributed by atoms with Crippen LogP contribution in [0.3, 0.4) is 0 Å². The molecule has 0 aromatic carbocycles. The zero-order valence-corrected chi connectivity index (χ0v) is 10.0. The van der Waals surface area contributed by atoms with Gasteiger partial charge in [-0.15, -0.1) is 0 Å². The fraction of sp³-hybridized carbons (Fsp3) is 1.00. The van der Waals surface area contributed by atoms with Crippen LogP contribution in [-0.2, 0) is 4.74 Å². The van der Waals surface area contributed by atoms with Crippen LogP contribution in [0.25, 0.3) is 0 Å². The molecule has 15 heavy (non-hydrogen) atoms. The van der Waals surface area contributed by atoms with Gasteiger partial charge in [-0.3, -0.25) is 0 Å². The lowest BCUT2D eigenvalue weighted by molar-refractivity contribution is 0.0340. The van der Waals surface area contributed by atoms with Crippen LogP contribution in [0.4, 0.5) is 0 Å². The first-order chi connectivity index (χ1) is 7.21. The van der Waals surface area contributed by atoms with Gasteiger partial charge in [-0.2, -0.15) is 0 Å². The summed E-state index contributed by atoms with van der Waals surface area (Å²) >= 11 is 0. The van der Waals surface area contributed by atoms with E-state index in [1.807, 2.05) is 0 Å². The third kappa shape index (κ3) is 2.73. The maximum absolute atomic E-state index is 6.64. The monoisotopic (exact) mass is 211 g/mol. The Labute approximate surface area is 93.6 Å². The summed E-state index contributed by atoms with van der Waals surface area (Å²) in [6.45, 7) is 4.23. The zero-order chi connectivity index (χ0) is 10.7. The summed E-state index contributed by atoms with van der Waals surface area (Å²) in [4.78, 5) is 0. The quantitative estimate of drug-likeness (QED) is 0.677. The first kappa shape index (κ1) is 11.4. The molecule has 1 saturated heterocycles. The van der Waals surface area contributed by atoms with Gasteiger partial charge in [0.25, 0.3) is 0 Å². The maximum atomic E-state index is 6.64. The van der Waals surface area contributed by atoms with E-state index in [0.29, 0.717) is 0 Å². The minimum absolute atomic E-state index is 0.133. The Morgan fingerprint density at radius 2 is 1.80 bits per heavy atom. The van der Waals surface area contributed by atoms with Crippen molar-refractivity contribution in [2.75, 3.05) is 13.2 Å². The Balaban J connectivity index is 1.97. The van der Waals surface area contributed by atoms with Crippen LogP contribution in [0, 0.1) is 11.8 Å². The second-order valence-corrected chi connectivity index (χ2v) is 5.66. The van der Waals surface area contributed by atoms with Crippen molar-refractivity contribution in [1.82, 2.24) is 0 Å². The smallest absolute Gasteiger partial charge is 0.0469 e. The summed E-state index contributed by atoms with van der Waals surface area (Å²) in [5.74, 6) is 1.60. The Bertz CT molecular complexity index is 201. The average molecular weight is 211 g/mol. The van der Waals surface area contributed by atoms with E-state index < -0.39 is 0 Å². The minimum Gasteiger partial charge on any atom is -0.381 e. The molecule has 1 aliphatic carbocycles. The largest absolute Gasteiger partial charge is 0.381 e. The van der Waals surface area contributed by atoms with Gasteiger partial charge < -0.3 is 10.5 Å². The molecule has 1 aliphatic heterocycles. The van der Waals surface area contributed by atoms with Crippen LogP contribution < -0.4 is 5.73 Å². The van der Waals surface area contributed by atoms with Gasteiger partial charge in [0, 0.05) is 18.8 Å². The molecular weight excluding hydrogens is 186 g/mol. The predicted molar refractivity (Wildman–Crippen MR) is 62.7 cm³/mol. The van der Waals surface area contributed by atoms with Crippen molar-refractivity contribution in [3.05, 3.63) is 0 Å². The average Bonchev–Trinajstić information content (AvgIpc) is 2.44. The van der Waals surface area contributed by atoms with E-state index in [1.54, 1.807) is 0 Å². The molecule has 88 valence electrons. The molecule has 2 fully saturated rings. The molecule has 0 aromatic heterocycles. The summed E-state index contributed by atoms with van der Waals surface area (Å²) in [5.41, 5.74) is 6.77. The predicted octanol–water partition coefficient (Wildman–Crippen LogP) is 2.71. The van der Waals surface area contributed by atoms with Crippen LogP contribution in [0.2, 0.25) is 0 Å². The van der Waals surface area contributed by atoms with Crippen molar-refractivity contribution >= 4 is 0 Å². The van der Waals surface area contributed by atoms with E-state index in [0.717, 1.165) is 25.0 Å². The second-order valence-electron chi connectivity index (χ2n) is 5.66. The number of nitrogens with two attached hydrogens (primary N) is 1. The van der Waals surface area contributed by atoms with Crippen LogP contribution in [0.5, 0.6) is 0 Å². The highest BCUT2D eigenvalue weighted by Crippen LogP contribution is 2.37. The van der Waals surface area contributed by atoms with Gasteiger partial charge in [-0.1, -0.05) is 19.8 Å². The van der Waals surface area contributed by atoms with Gasteiger partial charge >= 0.3 is 0 Å². The van der Waals surface area contributed by atoms with Gasteiger partial charge in [0.1, 0.15) is 0 Å². The lowest BCUT2D eigenvalue weighted by Gasteiger charge is -2.39. The second kappa shape index (κ2) is 4.84. The molecule has 0 amide bonds. The third-order valence-corrected chi connectivity index (χ3v) is 4.48. The molecule has 2 heteroatoms. The Morgan fingerprint density at radius 3 is 2.53 bits per heavy atom. The van der Waals surface area contributed by atoms with Crippen molar-refractivity contribution in [3.63, 3.8) is 0 Å². The number of ether oxygens (including phenoxy) is 1. The molecule has 2 rings (SSSR count). The number of hydrogen-bond acceptors (Lipinski definition) is 2. The number of rotatable bonds is 1. The SMILES string of the molecule is CC1CCCC(N)(C2CCOCC2)CC1. The van der Waals surface area contributed by atoms with E-state index in [2.05, 4.69) is 6.92 Å². The standard InChI is InChI=1S/C13H25NO/c1-11-3-2-7-13(14,8-4-11)12-5-9-15-10-6-12/h11-12H,2-10,14H2,1H3. The Morgan fingerprint density at radius 1 is 1.07 bits per heavy atom. The lowest BCUT2D eigenvalue weighted by Crippen LogP contribution is -2.48. The van der Waals surface area contributed by atoms with Crippen LogP contribution in [-0.4, -0.2) is 18.8 Å². The molecule has 0 spiro atoms. The lowest BCUT2D eigenvalue weighted by atomic mass is 9.75. The highest BCUT2D eigenvalue weighted by molar-refractivity contribution is 4.94. The van der Waals surface area contributed by atoms with Gasteiger partial charge in [0.15, 0.2) is 0 Å². The minimum atomic E-state index is 0.133. The molecule has 0 radical (unpaired) electrons. The molecule has 1 saturated carbocycles. The summed E-state index contributed by atoms with van der Waals surface area (Å²) in [6.07, 6.45) is 8.88. The molecule has 2 atom stereocenters. The van der Waals surface area contributed by atoms with Crippen molar-refractivity contribution in [2.24, 2.45) is 17.6 Å². The van der Waals surface area contributed by atoms with E-state index in [9.17, 15) is 0 Å². The molecule has 0 bridgehead atoms. The maximum Gasteiger partial charge on any atom is 0.0469 e.